The molecule has 2 heterocycles. The van der Waals surface area contributed by atoms with Gasteiger partial charge in [-0.1, -0.05) is 31.2 Å². The van der Waals surface area contributed by atoms with Crippen LogP contribution in [0.3, 0.4) is 0 Å². The largest absolute Gasteiger partial charge is 0.392 e. The van der Waals surface area contributed by atoms with Crippen molar-refractivity contribution in [2.75, 3.05) is 11.9 Å². The molecule has 3 aromatic rings. The minimum atomic E-state index is 0.0531. The highest BCUT2D eigenvalue weighted by Crippen LogP contribution is 2.22. The number of hydrogen-bond acceptors (Lipinski definition) is 4. The van der Waals surface area contributed by atoms with Crippen LogP contribution in [0.15, 0.2) is 42.9 Å². The Hall–Kier alpha value is -2.40. The van der Waals surface area contributed by atoms with E-state index in [1.165, 1.54) is 0 Å². The highest BCUT2D eigenvalue weighted by atomic mass is 16.3. The zero-order valence-corrected chi connectivity index (χ0v) is 12.0. The number of benzene rings is 1. The molecule has 0 bridgehead atoms. The van der Waals surface area contributed by atoms with Crippen LogP contribution in [-0.4, -0.2) is 26.0 Å². The van der Waals surface area contributed by atoms with Gasteiger partial charge in [0.15, 0.2) is 11.5 Å². The van der Waals surface area contributed by atoms with E-state index < -0.39 is 0 Å². The van der Waals surface area contributed by atoms with E-state index in [9.17, 15) is 0 Å². The monoisotopic (exact) mass is 282 g/mol. The molecule has 0 aliphatic heterocycles. The molecule has 0 fully saturated rings. The Morgan fingerprint density at radius 3 is 2.76 bits per heavy atom. The summed E-state index contributed by atoms with van der Waals surface area (Å²) in [6.45, 7) is 3.03. The Balaban J connectivity index is 2.04. The van der Waals surface area contributed by atoms with Crippen molar-refractivity contribution in [2.45, 2.75) is 20.0 Å². The first-order chi connectivity index (χ1) is 10.3. The molecule has 5 heteroatoms. The quantitative estimate of drug-likeness (QED) is 0.755. The molecule has 5 nitrogen and oxygen atoms in total. The summed E-state index contributed by atoms with van der Waals surface area (Å²) in [5.41, 5.74) is 3.62. The van der Waals surface area contributed by atoms with Crippen LogP contribution in [0.25, 0.3) is 16.9 Å². The summed E-state index contributed by atoms with van der Waals surface area (Å²) in [4.78, 5) is 9.02. The van der Waals surface area contributed by atoms with Crippen LogP contribution in [0.5, 0.6) is 0 Å². The van der Waals surface area contributed by atoms with Crippen LogP contribution in [0.1, 0.15) is 18.9 Å². The van der Waals surface area contributed by atoms with Crippen molar-refractivity contribution in [1.29, 1.82) is 0 Å². The Bertz CT molecular complexity index is 734. The molecule has 0 aliphatic carbocycles. The smallest absolute Gasteiger partial charge is 0.180 e. The number of imidazole rings is 1. The van der Waals surface area contributed by atoms with Crippen molar-refractivity contribution in [1.82, 2.24) is 14.4 Å². The molecular formula is C16H18N4O. The molecule has 0 atom stereocenters. The lowest BCUT2D eigenvalue weighted by molar-refractivity contribution is 0.282. The van der Waals surface area contributed by atoms with Crippen LogP contribution in [0, 0.1) is 0 Å². The van der Waals surface area contributed by atoms with Crippen molar-refractivity contribution >= 4 is 11.5 Å². The third-order valence-corrected chi connectivity index (χ3v) is 3.35. The second-order valence-electron chi connectivity index (χ2n) is 4.91. The molecule has 2 aromatic heterocycles. The fourth-order valence-electron chi connectivity index (χ4n) is 2.21. The highest BCUT2D eigenvalue weighted by molar-refractivity contribution is 5.69. The van der Waals surface area contributed by atoms with Crippen LogP contribution in [0.4, 0.5) is 5.82 Å². The average molecular weight is 282 g/mol. The Morgan fingerprint density at radius 2 is 2.05 bits per heavy atom. The van der Waals surface area contributed by atoms with Gasteiger partial charge >= 0.3 is 0 Å². The number of fused-ring (bicyclic) bond motifs is 1. The molecular weight excluding hydrogens is 264 g/mol. The lowest BCUT2D eigenvalue weighted by Gasteiger charge is -2.09. The highest BCUT2D eigenvalue weighted by Gasteiger charge is 2.08. The summed E-state index contributed by atoms with van der Waals surface area (Å²) in [6.07, 6.45) is 6.68. The Labute approximate surface area is 123 Å². The van der Waals surface area contributed by atoms with Gasteiger partial charge < -0.3 is 14.8 Å². The molecule has 21 heavy (non-hydrogen) atoms. The standard InChI is InChI=1S/C16H18N4O/c1-2-7-17-15-16-18-8-9-20(16)10-14(19-15)13-5-3-12(11-21)4-6-13/h3-6,8-10,21H,2,7,11H2,1H3,(H,17,19). The Morgan fingerprint density at radius 1 is 1.24 bits per heavy atom. The van der Waals surface area contributed by atoms with Crippen molar-refractivity contribution in [3.8, 4) is 11.3 Å². The van der Waals surface area contributed by atoms with Crippen LogP contribution in [0.2, 0.25) is 0 Å². The fourth-order valence-corrected chi connectivity index (χ4v) is 2.21. The van der Waals surface area contributed by atoms with E-state index >= 15 is 0 Å². The molecule has 1 aromatic carbocycles. The van der Waals surface area contributed by atoms with Gasteiger partial charge in [-0.25, -0.2) is 9.97 Å². The van der Waals surface area contributed by atoms with Crippen molar-refractivity contribution < 1.29 is 5.11 Å². The van der Waals surface area contributed by atoms with Crippen molar-refractivity contribution in [2.24, 2.45) is 0 Å². The van der Waals surface area contributed by atoms with Gasteiger partial charge in [-0.2, -0.15) is 0 Å². The number of aliphatic hydroxyl groups is 1. The van der Waals surface area contributed by atoms with E-state index in [-0.39, 0.29) is 6.61 Å². The first-order valence-electron chi connectivity index (χ1n) is 7.09. The second kappa shape index (κ2) is 5.93. The van der Waals surface area contributed by atoms with Crippen molar-refractivity contribution in [3.05, 3.63) is 48.4 Å². The molecule has 0 amide bonds. The maximum Gasteiger partial charge on any atom is 0.180 e. The van der Waals surface area contributed by atoms with Gasteiger partial charge in [0.2, 0.25) is 0 Å². The SMILES string of the molecule is CCCNc1nc(-c2ccc(CO)cc2)cn2ccnc12. The molecule has 2 N–H and O–H groups in total. The van der Waals surface area contributed by atoms with Gasteiger partial charge in [-0.05, 0) is 12.0 Å². The summed E-state index contributed by atoms with van der Waals surface area (Å²) in [6, 6.07) is 7.77. The second-order valence-corrected chi connectivity index (χ2v) is 4.91. The van der Waals surface area contributed by atoms with E-state index in [1.807, 2.05) is 41.1 Å². The molecule has 0 saturated heterocycles. The van der Waals surface area contributed by atoms with Gasteiger partial charge in [0.25, 0.3) is 0 Å². The topological polar surface area (TPSA) is 62.5 Å². The molecule has 0 radical (unpaired) electrons. The molecule has 0 aliphatic rings. The summed E-state index contributed by atoms with van der Waals surface area (Å²) in [5, 5.41) is 12.4. The van der Waals surface area contributed by atoms with Gasteiger partial charge in [0.1, 0.15) is 0 Å². The number of aliphatic hydroxyl groups excluding tert-OH is 1. The average Bonchev–Trinajstić information content (AvgIpc) is 3.01. The predicted molar refractivity (Wildman–Crippen MR) is 83.1 cm³/mol. The Kier molecular flexibility index (Phi) is 3.83. The minimum absolute atomic E-state index is 0.0531. The lowest BCUT2D eigenvalue weighted by Crippen LogP contribution is -2.05. The van der Waals surface area contributed by atoms with Crippen LogP contribution >= 0.6 is 0 Å². The fraction of sp³-hybridized carbons (Fsp3) is 0.250. The first kappa shape index (κ1) is 13.6. The minimum Gasteiger partial charge on any atom is -0.392 e. The number of anilines is 1. The van der Waals surface area contributed by atoms with E-state index in [1.54, 1.807) is 6.20 Å². The molecule has 0 unspecified atom stereocenters. The number of rotatable bonds is 5. The summed E-state index contributed by atoms with van der Waals surface area (Å²) < 4.78 is 1.97. The molecule has 0 spiro atoms. The predicted octanol–water partition coefficient (Wildman–Crippen LogP) is 2.71. The van der Waals surface area contributed by atoms with Crippen LogP contribution in [-0.2, 0) is 6.61 Å². The van der Waals surface area contributed by atoms with E-state index in [2.05, 4.69) is 22.2 Å². The van der Waals surface area contributed by atoms with E-state index in [0.29, 0.717) is 0 Å². The van der Waals surface area contributed by atoms with E-state index in [4.69, 9.17) is 5.11 Å². The van der Waals surface area contributed by atoms with E-state index in [0.717, 1.165) is 41.3 Å². The number of aromatic nitrogens is 3. The summed E-state index contributed by atoms with van der Waals surface area (Å²) >= 11 is 0. The molecule has 0 saturated carbocycles. The normalized spacial score (nSPS) is 11.0. The van der Waals surface area contributed by atoms with Gasteiger partial charge in [0.05, 0.1) is 12.3 Å². The number of hydrogen-bond donors (Lipinski definition) is 2. The third kappa shape index (κ3) is 2.73. The molecule has 108 valence electrons. The number of nitrogens with zero attached hydrogens (tertiary/aromatic N) is 3. The zero-order chi connectivity index (χ0) is 14.7. The lowest BCUT2D eigenvalue weighted by atomic mass is 10.1. The zero-order valence-electron chi connectivity index (χ0n) is 12.0. The van der Waals surface area contributed by atoms with Crippen molar-refractivity contribution in [3.63, 3.8) is 0 Å². The van der Waals surface area contributed by atoms with Gasteiger partial charge in [0, 0.05) is 30.7 Å². The summed E-state index contributed by atoms with van der Waals surface area (Å²) in [5.74, 6) is 0.797. The van der Waals surface area contributed by atoms with Gasteiger partial charge in [-0.15, -0.1) is 0 Å². The maximum atomic E-state index is 9.12. The van der Waals surface area contributed by atoms with Crippen LogP contribution < -0.4 is 5.32 Å². The number of nitrogens with one attached hydrogen (secondary N) is 1. The summed E-state index contributed by atoms with van der Waals surface area (Å²) in [7, 11) is 0. The van der Waals surface area contributed by atoms with Gasteiger partial charge in [-0.3, -0.25) is 0 Å². The first-order valence-corrected chi connectivity index (χ1v) is 7.09. The maximum absolute atomic E-state index is 9.12. The molecule has 3 rings (SSSR count). The third-order valence-electron chi connectivity index (χ3n) is 3.35.